The quantitative estimate of drug-likeness (QED) is 0.760. The first-order chi connectivity index (χ1) is 7.14. The molecule has 0 aromatic heterocycles. The lowest BCUT2D eigenvalue weighted by Gasteiger charge is -2.53. The van der Waals surface area contributed by atoms with Gasteiger partial charge < -0.3 is 5.32 Å². The molecule has 0 aliphatic heterocycles. The van der Waals surface area contributed by atoms with Gasteiger partial charge in [-0.15, -0.1) is 0 Å². The topological polar surface area (TPSA) is 29.1 Å². The Morgan fingerprint density at radius 2 is 1.60 bits per heavy atom. The zero-order chi connectivity index (χ0) is 10.9. The van der Waals surface area contributed by atoms with Gasteiger partial charge in [-0.3, -0.25) is 4.79 Å². The highest BCUT2D eigenvalue weighted by Crippen LogP contribution is 2.53. The molecule has 15 heavy (non-hydrogen) atoms. The number of hydrogen-bond acceptors (Lipinski definition) is 1. The zero-order valence-electron chi connectivity index (χ0n) is 10.1. The van der Waals surface area contributed by atoms with E-state index >= 15 is 0 Å². The lowest BCUT2D eigenvalue weighted by molar-refractivity contribution is -0.125. The van der Waals surface area contributed by atoms with Crippen LogP contribution in [0.25, 0.3) is 0 Å². The van der Waals surface area contributed by atoms with Crippen LogP contribution in [-0.4, -0.2) is 11.4 Å². The summed E-state index contributed by atoms with van der Waals surface area (Å²) in [6.07, 6.45) is 9.58. The van der Waals surface area contributed by atoms with E-state index in [-0.39, 0.29) is 11.4 Å². The van der Waals surface area contributed by atoms with Gasteiger partial charge in [-0.05, 0) is 43.9 Å². The molecule has 3 fully saturated rings. The van der Waals surface area contributed by atoms with Gasteiger partial charge in [-0.25, -0.2) is 0 Å². The highest BCUT2D eigenvalue weighted by Gasteiger charge is 2.47. The zero-order valence-corrected chi connectivity index (χ0v) is 10.1. The third-order valence-electron chi connectivity index (χ3n) is 4.88. The normalized spacial score (nSPS) is 39.1. The van der Waals surface area contributed by atoms with Gasteiger partial charge in [0, 0.05) is 12.0 Å². The summed E-state index contributed by atoms with van der Waals surface area (Å²) in [4.78, 5) is 11.5. The van der Waals surface area contributed by atoms with Crippen molar-refractivity contribution < 1.29 is 4.79 Å². The lowest BCUT2D eigenvalue weighted by Crippen LogP contribution is -2.56. The summed E-state index contributed by atoms with van der Waals surface area (Å²) >= 11 is 0. The molecular formula is C13H23NO. The monoisotopic (exact) mass is 209 g/mol. The maximum atomic E-state index is 11.5. The Balaban J connectivity index is 2.00. The van der Waals surface area contributed by atoms with Crippen LogP contribution in [-0.2, 0) is 4.79 Å². The van der Waals surface area contributed by atoms with Crippen LogP contribution >= 0.6 is 0 Å². The van der Waals surface area contributed by atoms with E-state index in [1.54, 1.807) is 0 Å². The van der Waals surface area contributed by atoms with E-state index < -0.39 is 0 Å². The Kier molecular flexibility index (Phi) is 2.78. The van der Waals surface area contributed by atoms with E-state index in [1.807, 2.05) is 6.92 Å². The number of nitrogens with one attached hydrogen (secondary N) is 1. The summed E-state index contributed by atoms with van der Waals surface area (Å²) in [5, 5.41) is 3.27. The fourth-order valence-electron chi connectivity index (χ4n) is 3.37. The average molecular weight is 209 g/mol. The predicted octanol–water partition coefficient (Wildman–Crippen LogP) is 3.02. The van der Waals surface area contributed by atoms with Crippen molar-refractivity contribution in [3.8, 4) is 0 Å². The van der Waals surface area contributed by atoms with E-state index in [0.717, 1.165) is 0 Å². The number of carbonyl (C=O) groups is 1. The summed E-state index contributed by atoms with van der Waals surface area (Å²) in [6.45, 7) is 4.26. The Labute approximate surface area is 92.8 Å². The molecule has 0 aromatic carbocycles. The van der Waals surface area contributed by atoms with E-state index in [4.69, 9.17) is 0 Å². The summed E-state index contributed by atoms with van der Waals surface area (Å²) in [5.41, 5.74) is 0.822. The molecule has 2 nitrogen and oxygen atoms in total. The second-order valence-corrected chi connectivity index (χ2v) is 5.54. The third-order valence-corrected chi connectivity index (χ3v) is 4.88. The largest absolute Gasteiger partial charge is 0.351 e. The molecule has 1 N–H and O–H groups in total. The molecule has 0 aromatic rings. The van der Waals surface area contributed by atoms with Crippen molar-refractivity contribution in [1.82, 2.24) is 5.32 Å². The third kappa shape index (κ3) is 1.91. The fourth-order valence-corrected chi connectivity index (χ4v) is 3.37. The molecule has 3 aliphatic carbocycles. The molecule has 86 valence electrons. The highest BCUT2D eigenvalue weighted by atomic mass is 16.1. The second-order valence-electron chi connectivity index (χ2n) is 5.54. The molecule has 3 aliphatic rings. The van der Waals surface area contributed by atoms with Crippen LogP contribution in [0.5, 0.6) is 0 Å². The minimum Gasteiger partial charge on any atom is -0.351 e. The molecule has 0 spiro atoms. The molecule has 2 bridgehead atoms. The van der Waals surface area contributed by atoms with Crippen LogP contribution in [0.3, 0.4) is 0 Å². The first kappa shape index (κ1) is 11.0. The average Bonchev–Trinajstić information content (AvgIpc) is 2.31. The molecular weight excluding hydrogens is 186 g/mol. The predicted molar refractivity (Wildman–Crippen MR) is 61.6 cm³/mol. The minimum atomic E-state index is 0.185. The van der Waals surface area contributed by atoms with Crippen molar-refractivity contribution in [2.45, 2.75) is 70.8 Å². The number of amides is 1. The lowest BCUT2D eigenvalue weighted by atomic mass is 9.56. The van der Waals surface area contributed by atoms with Gasteiger partial charge in [-0.1, -0.05) is 20.3 Å². The summed E-state index contributed by atoms with van der Waals surface area (Å²) in [5.74, 6) is 0.237. The maximum Gasteiger partial charge on any atom is 0.220 e. The van der Waals surface area contributed by atoms with Crippen LogP contribution in [0.2, 0.25) is 0 Å². The first-order valence-corrected chi connectivity index (χ1v) is 6.45. The Morgan fingerprint density at radius 3 is 2.00 bits per heavy atom. The Bertz CT molecular complexity index is 235. The van der Waals surface area contributed by atoms with Crippen molar-refractivity contribution in [1.29, 1.82) is 0 Å². The van der Waals surface area contributed by atoms with E-state index in [1.165, 1.54) is 44.9 Å². The minimum absolute atomic E-state index is 0.185. The van der Waals surface area contributed by atoms with Gasteiger partial charge in [-0.2, -0.15) is 0 Å². The SMILES string of the molecule is CCC(=O)NC12CCC(CC)(CC1)CC2. The van der Waals surface area contributed by atoms with E-state index in [0.29, 0.717) is 11.8 Å². The summed E-state index contributed by atoms with van der Waals surface area (Å²) in [7, 11) is 0. The summed E-state index contributed by atoms with van der Waals surface area (Å²) < 4.78 is 0. The summed E-state index contributed by atoms with van der Waals surface area (Å²) in [6, 6.07) is 0. The van der Waals surface area contributed by atoms with Crippen LogP contribution in [0.15, 0.2) is 0 Å². The van der Waals surface area contributed by atoms with Crippen LogP contribution in [0, 0.1) is 5.41 Å². The van der Waals surface area contributed by atoms with Crippen LogP contribution in [0.1, 0.15) is 65.2 Å². The molecule has 0 atom stereocenters. The van der Waals surface area contributed by atoms with Gasteiger partial charge in [0.25, 0.3) is 0 Å². The Hall–Kier alpha value is -0.530. The van der Waals surface area contributed by atoms with Gasteiger partial charge >= 0.3 is 0 Å². The van der Waals surface area contributed by atoms with E-state index in [2.05, 4.69) is 12.2 Å². The van der Waals surface area contributed by atoms with Crippen molar-refractivity contribution in [2.24, 2.45) is 5.41 Å². The number of fused-ring (bicyclic) bond motifs is 3. The fraction of sp³-hybridized carbons (Fsp3) is 0.923. The van der Waals surface area contributed by atoms with Crippen molar-refractivity contribution in [2.75, 3.05) is 0 Å². The standard InChI is InChI=1S/C13H23NO/c1-3-11(15)14-13-8-5-12(4-2,6-9-13)7-10-13/h3-10H2,1-2H3,(H,14,15). The maximum absolute atomic E-state index is 11.5. The Morgan fingerprint density at radius 1 is 1.07 bits per heavy atom. The van der Waals surface area contributed by atoms with Crippen LogP contribution < -0.4 is 5.32 Å². The molecule has 1 amide bonds. The van der Waals surface area contributed by atoms with E-state index in [9.17, 15) is 4.79 Å². The van der Waals surface area contributed by atoms with Gasteiger partial charge in [0.15, 0.2) is 0 Å². The molecule has 0 saturated heterocycles. The van der Waals surface area contributed by atoms with Gasteiger partial charge in [0.1, 0.15) is 0 Å². The van der Waals surface area contributed by atoms with Crippen molar-refractivity contribution >= 4 is 5.91 Å². The smallest absolute Gasteiger partial charge is 0.220 e. The molecule has 0 unspecified atom stereocenters. The van der Waals surface area contributed by atoms with Crippen molar-refractivity contribution in [3.63, 3.8) is 0 Å². The second kappa shape index (κ2) is 3.80. The number of hydrogen-bond donors (Lipinski definition) is 1. The van der Waals surface area contributed by atoms with Gasteiger partial charge in [0.2, 0.25) is 5.91 Å². The molecule has 3 rings (SSSR count). The van der Waals surface area contributed by atoms with Crippen molar-refractivity contribution in [3.05, 3.63) is 0 Å². The number of carbonyl (C=O) groups excluding carboxylic acids is 1. The van der Waals surface area contributed by atoms with Crippen LogP contribution in [0.4, 0.5) is 0 Å². The highest BCUT2D eigenvalue weighted by molar-refractivity contribution is 5.76. The van der Waals surface area contributed by atoms with Gasteiger partial charge in [0.05, 0.1) is 0 Å². The first-order valence-electron chi connectivity index (χ1n) is 6.45. The molecule has 0 radical (unpaired) electrons. The molecule has 2 heteroatoms. The number of rotatable bonds is 3. The molecule has 0 heterocycles. The molecule has 3 saturated carbocycles.